The first-order valence-corrected chi connectivity index (χ1v) is 9.48. The van der Waals surface area contributed by atoms with Gasteiger partial charge in [0.2, 0.25) is 11.9 Å². The Bertz CT molecular complexity index is 1080. The molecule has 0 saturated carbocycles. The molecular formula is C21H21F3N6O. The van der Waals surface area contributed by atoms with E-state index in [1.54, 1.807) is 6.92 Å². The molecule has 0 bridgehead atoms. The second kappa shape index (κ2) is 9.07. The van der Waals surface area contributed by atoms with Gasteiger partial charge < -0.3 is 11.1 Å². The molecule has 3 N–H and O–H groups in total. The van der Waals surface area contributed by atoms with Crippen LogP contribution in [0.1, 0.15) is 36.3 Å². The molecule has 0 fully saturated rings. The van der Waals surface area contributed by atoms with Crippen molar-refractivity contribution in [1.29, 1.82) is 0 Å². The third-order valence-electron chi connectivity index (χ3n) is 4.79. The monoisotopic (exact) mass is 430 g/mol. The van der Waals surface area contributed by atoms with Crippen molar-refractivity contribution < 1.29 is 18.0 Å². The summed E-state index contributed by atoms with van der Waals surface area (Å²) in [6, 6.07) is 6.37. The van der Waals surface area contributed by atoms with Crippen LogP contribution >= 0.6 is 0 Å². The molecule has 0 radical (unpaired) electrons. The number of nitrogens with zero attached hydrogens (tertiary/aromatic N) is 4. The number of carbonyl (C=O) groups is 1. The van der Waals surface area contributed by atoms with Crippen LogP contribution in [-0.2, 0) is 5.41 Å². The van der Waals surface area contributed by atoms with E-state index in [2.05, 4.69) is 25.5 Å². The Labute approximate surface area is 176 Å². The Hall–Kier alpha value is -3.56. The highest BCUT2D eigenvalue weighted by Crippen LogP contribution is 2.30. The van der Waals surface area contributed by atoms with Crippen molar-refractivity contribution in [3.63, 3.8) is 0 Å². The Balaban J connectivity index is 1.81. The number of nitrogens with two attached hydrogens (primary N) is 1. The molecule has 2 aromatic heterocycles. The summed E-state index contributed by atoms with van der Waals surface area (Å²) in [6.45, 7) is 3.16. The summed E-state index contributed by atoms with van der Waals surface area (Å²) >= 11 is 0. The fraction of sp³-hybridized carbons (Fsp3) is 0.286. The normalized spacial score (nSPS) is 14.0. The number of primary amides is 1. The first kappa shape index (κ1) is 22.1. The minimum atomic E-state index is -1.20. The summed E-state index contributed by atoms with van der Waals surface area (Å²) in [5.74, 6) is -1.77. The van der Waals surface area contributed by atoms with Gasteiger partial charge in [-0.15, -0.1) is 10.2 Å². The zero-order valence-corrected chi connectivity index (χ0v) is 16.9. The van der Waals surface area contributed by atoms with Crippen LogP contribution in [0.25, 0.3) is 11.3 Å². The average molecular weight is 430 g/mol. The first-order valence-electron chi connectivity index (χ1n) is 9.48. The van der Waals surface area contributed by atoms with Crippen molar-refractivity contribution in [3.05, 3.63) is 65.6 Å². The number of hydrogen-bond acceptors (Lipinski definition) is 6. The molecule has 2 heterocycles. The first-order chi connectivity index (χ1) is 14.7. The summed E-state index contributed by atoms with van der Waals surface area (Å²) in [5, 5.41) is 10.8. The number of nitrogens with one attached hydrogen (secondary N) is 1. The minimum Gasteiger partial charge on any atom is -0.366 e. The van der Waals surface area contributed by atoms with Crippen molar-refractivity contribution in [3.8, 4) is 11.3 Å². The zero-order valence-electron chi connectivity index (χ0n) is 16.9. The smallest absolute Gasteiger partial charge is 0.248 e. The maximum absolute atomic E-state index is 14.3. The largest absolute Gasteiger partial charge is 0.366 e. The van der Waals surface area contributed by atoms with Gasteiger partial charge in [-0.1, -0.05) is 6.92 Å². The van der Waals surface area contributed by atoms with E-state index >= 15 is 0 Å². The number of carbonyl (C=O) groups excluding carboxylic acids is 1. The van der Waals surface area contributed by atoms with Gasteiger partial charge >= 0.3 is 0 Å². The zero-order chi connectivity index (χ0) is 22.6. The molecule has 162 valence electrons. The molecule has 0 aliphatic heterocycles. The number of alkyl halides is 1. The molecule has 0 saturated heterocycles. The van der Waals surface area contributed by atoms with E-state index < -0.39 is 29.1 Å². The number of hydrogen-bond donors (Lipinski definition) is 2. The number of rotatable bonds is 8. The number of anilines is 1. The predicted octanol–water partition coefficient (Wildman–Crippen LogP) is 3.43. The second-order valence-corrected chi connectivity index (χ2v) is 7.46. The summed E-state index contributed by atoms with van der Waals surface area (Å²) < 4.78 is 42.3. The highest BCUT2D eigenvalue weighted by atomic mass is 19.1. The van der Waals surface area contributed by atoms with Gasteiger partial charge in [-0.05, 0) is 43.7 Å². The number of aromatic nitrogens is 4. The Morgan fingerprint density at radius 2 is 1.97 bits per heavy atom. The van der Waals surface area contributed by atoms with Crippen molar-refractivity contribution >= 4 is 11.9 Å². The van der Waals surface area contributed by atoms with Crippen molar-refractivity contribution in [1.82, 2.24) is 20.2 Å². The molecule has 1 amide bonds. The quantitative estimate of drug-likeness (QED) is 0.567. The second-order valence-electron chi connectivity index (χ2n) is 7.46. The molecule has 0 spiro atoms. The van der Waals surface area contributed by atoms with E-state index in [1.165, 1.54) is 43.6 Å². The van der Waals surface area contributed by atoms with Gasteiger partial charge in [-0.25, -0.2) is 18.2 Å². The Morgan fingerprint density at radius 1 is 1.19 bits per heavy atom. The summed E-state index contributed by atoms with van der Waals surface area (Å²) in [5.41, 5.74) is 4.61. The lowest BCUT2D eigenvalue weighted by Crippen LogP contribution is -2.36. The maximum Gasteiger partial charge on any atom is 0.248 e. The number of benzene rings is 1. The Morgan fingerprint density at radius 3 is 2.58 bits per heavy atom. The molecule has 0 aliphatic rings. The van der Waals surface area contributed by atoms with Crippen molar-refractivity contribution in [2.45, 2.75) is 31.9 Å². The summed E-state index contributed by atoms with van der Waals surface area (Å²) in [6.07, 6.45) is 1.54. The van der Waals surface area contributed by atoms with Crippen LogP contribution < -0.4 is 11.1 Å². The fourth-order valence-corrected chi connectivity index (χ4v) is 3.33. The summed E-state index contributed by atoms with van der Waals surface area (Å²) in [4.78, 5) is 19.5. The molecule has 10 heteroatoms. The molecule has 1 aromatic carbocycles. The third kappa shape index (κ3) is 5.14. The lowest BCUT2D eigenvalue weighted by Gasteiger charge is -2.30. The number of pyridine rings is 1. The Kier molecular flexibility index (Phi) is 6.47. The van der Waals surface area contributed by atoms with Crippen LogP contribution in [0.2, 0.25) is 0 Å². The van der Waals surface area contributed by atoms with Gasteiger partial charge in [0.25, 0.3) is 0 Å². The van der Waals surface area contributed by atoms with E-state index in [9.17, 15) is 18.0 Å². The van der Waals surface area contributed by atoms with Crippen LogP contribution in [0.15, 0.2) is 42.7 Å². The van der Waals surface area contributed by atoms with Gasteiger partial charge in [-0.2, -0.15) is 0 Å². The summed E-state index contributed by atoms with van der Waals surface area (Å²) in [7, 11) is 0. The highest BCUT2D eigenvalue weighted by Gasteiger charge is 2.33. The lowest BCUT2D eigenvalue weighted by molar-refractivity contribution is 0.1000. The van der Waals surface area contributed by atoms with Gasteiger partial charge in [0, 0.05) is 29.3 Å². The van der Waals surface area contributed by atoms with Gasteiger partial charge in [0.1, 0.15) is 17.3 Å². The van der Waals surface area contributed by atoms with Crippen molar-refractivity contribution in [2.75, 3.05) is 11.9 Å². The average Bonchev–Trinajstić information content (AvgIpc) is 2.73. The van der Waals surface area contributed by atoms with Crippen LogP contribution in [-0.4, -0.2) is 38.8 Å². The van der Waals surface area contributed by atoms with Crippen molar-refractivity contribution in [2.24, 2.45) is 5.73 Å². The van der Waals surface area contributed by atoms with E-state index in [4.69, 9.17) is 5.73 Å². The van der Waals surface area contributed by atoms with Crippen LogP contribution in [0.5, 0.6) is 0 Å². The minimum absolute atomic E-state index is 0.0184. The molecule has 0 unspecified atom stereocenters. The van der Waals surface area contributed by atoms with E-state index in [1.807, 2.05) is 0 Å². The molecule has 31 heavy (non-hydrogen) atoms. The van der Waals surface area contributed by atoms with Crippen LogP contribution in [0.3, 0.4) is 0 Å². The fourth-order valence-electron chi connectivity index (χ4n) is 3.33. The van der Waals surface area contributed by atoms with Gasteiger partial charge in [0.15, 0.2) is 0 Å². The van der Waals surface area contributed by atoms with E-state index in [-0.39, 0.29) is 41.4 Å². The topological polar surface area (TPSA) is 107 Å². The number of amides is 1. The molecular weight excluding hydrogens is 409 g/mol. The molecule has 7 nitrogen and oxygen atoms in total. The van der Waals surface area contributed by atoms with E-state index in [0.717, 1.165) is 6.07 Å². The predicted molar refractivity (Wildman–Crippen MR) is 109 cm³/mol. The number of halogens is 3. The maximum atomic E-state index is 14.3. The van der Waals surface area contributed by atoms with Crippen LogP contribution in [0.4, 0.5) is 19.1 Å². The molecule has 3 aromatic rings. The SMILES string of the molecule is C[C@@H](F)C[C@](C)(CNc1ncc(-c2cc(C(N)=O)ccc2F)nn1)c1ncccc1F. The standard InChI is InChI=1S/C21H21F3N6O/c1-12(22)9-21(2,18-16(24)4-3-7-26-18)11-28-20-27-10-17(29-30-20)14-8-13(19(25)31)5-6-15(14)23/h3-8,10,12H,9,11H2,1-2H3,(H2,25,31)(H,27,28,30)/t12-,21-/m1/s1. The highest BCUT2D eigenvalue weighted by molar-refractivity contribution is 5.94. The molecule has 0 aliphatic carbocycles. The van der Waals surface area contributed by atoms with Crippen LogP contribution in [0, 0.1) is 11.6 Å². The molecule has 3 rings (SSSR count). The van der Waals surface area contributed by atoms with Gasteiger partial charge in [-0.3, -0.25) is 9.78 Å². The van der Waals surface area contributed by atoms with Gasteiger partial charge in [0.05, 0.1) is 18.1 Å². The van der Waals surface area contributed by atoms with E-state index in [0.29, 0.717) is 0 Å². The third-order valence-corrected chi connectivity index (χ3v) is 4.79. The molecule has 2 atom stereocenters. The lowest BCUT2D eigenvalue weighted by atomic mass is 9.81.